The summed E-state index contributed by atoms with van der Waals surface area (Å²) in [5, 5.41) is 9.91. The monoisotopic (exact) mass is 466 g/mol. The fourth-order valence-corrected chi connectivity index (χ4v) is 6.71. The minimum Gasteiger partial charge on any atom is -0.447 e. The van der Waals surface area contributed by atoms with Crippen LogP contribution in [0.3, 0.4) is 0 Å². The number of halogens is 1. The Kier molecular flexibility index (Phi) is 6.68. The smallest absolute Gasteiger partial charge is 0.447 e. The van der Waals surface area contributed by atoms with Crippen molar-refractivity contribution in [1.29, 1.82) is 0 Å². The van der Waals surface area contributed by atoms with Crippen LogP contribution in [-0.4, -0.2) is 47.4 Å². The minimum absolute atomic E-state index is 0.0897. The van der Waals surface area contributed by atoms with E-state index in [-0.39, 0.29) is 23.4 Å². The molecule has 8 atom stereocenters. The van der Waals surface area contributed by atoms with Crippen molar-refractivity contribution < 1.29 is 33.7 Å². The molecule has 0 radical (unpaired) electrons. The molecular formula is C24H31ClO7. The van der Waals surface area contributed by atoms with Crippen molar-refractivity contribution >= 4 is 29.5 Å². The number of rotatable bonds is 5. The molecule has 8 heteroatoms. The fraction of sp³-hybridized carbons (Fsp3) is 0.708. The first-order valence-electron chi connectivity index (χ1n) is 11.5. The SMILES string of the molecule is CC(OC(=O)O[C@@H]1CC[C@H]2[C@@H]3CCC4C=CC(=O)C=C4[C@H]3CC[C@]12C)C(O)C(=O)OCCl. The summed E-state index contributed by atoms with van der Waals surface area (Å²) >= 11 is 5.33. The first-order valence-corrected chi connectivity index (χ1v) is 12.0. The summed E-state index contributed by atoms with van der Waals surface area (Å²) in [7, 11) is 0. The second-order valence-corrected chi connectivity index (χ2v) is 10.0. The molecule has 0 bridgehead atoms. The van der Waals surface area contributed by atoms with Gasteiger partial charge in [0.1, 0.15) is 12.2 Å². The second kappa shape index (κ2) is 9.18. The molecule has 3 saturated carbocycles. The maximum absolute atomic E-state index is 12.4. The van der Waals surface area contributed by atoms with Gasteiger partial charge in [-0.25, -0.2) is 9.59 Å². The highest BCUT2D eigenvalue weighted by Crippen LogP contribution is 2.61. The Hall–Kier alpha value is -1.86. The van der Waals surface area contributed by atoms with Gasteiger partial charge in [0.05, 0.1) is 0 Å². The molecule has 1 N–H and O–H groups in total. The number of carbonyl (C=O) groups is 3. The van der Waals surface area contributed by atoms with E-state index in [1.54, 1.807) is 6.08 Å². The molecule has 4 aliphatic rings. The number of ketones is 1. The maximum Gasteiger partial charge on any atom is 0.508 e. The largest absolute Gasteiger partial charge is 0.508 e. The van der Waals surface area contributed by atoms with E-state index in [4.69, 9.17) is 21.1 Å². The molecule has 7 nitrogen and oxygen atoms in total. The third-order valence-corrected chi connectivity index (χ3v) is 8.33. The molecule has 3 fully saturated rings. The number of allylic oxidation sites excluding steroid dienone is 4. The number of aliphatic hydroxyl groups is 1. The van der Waals surface area contributed by atoms with Crippen LogP contribution in [0.15, 0.2) is 23.8 Å². The van der Waals surface area contributed by atoms with Crippen LogP contribution in [-0.2, 0) is 23.8 Å². The molecule has 0 aliphatic heterocycles. The van der Waals surface area contributed by atoms with Gasteiger partial charge in [-0.15, -0.1) is 0 Å². The Morgan fingerprint density at radius 2 is 2.03 bits per heavy atom. The van der Waals surface area contributed by atoms with Crippen LogP contribution in [0, 0.1) is 29.1 Å². The van der Waals surface area contributed by atoms with Crippen molar-refractivity contribution in [2.24, 2.45) is 29.1 Å². The highest BCUT2D eigenvalue weighted by Gasteiger charge is 2.57. The molecule has 4 rings (SSSR count). The maximum atomic E-state index is 12.4. The number of esters is 1. The highest BCUT2D eigenvalue weighted by atomic mass is 35.5. The van der Waals surface area contributed by atoms with Gasteiger partial charge in [-0.3, -0.25) is 4.79 Å². The van der Waals surface area contributed by atoms with Crippen LogP contribution < -0.4 is 0 Å². The normalized spacial score (nSPS) is 37.3. The Bertz CT molecular complexity index is 836. The Balaban J connectivity index is 1.39. The van der Waals surface area contributed by atoms with E-state index >= 15 is 0 Å². The van der Waals surface area contributed by atoms with E-state index in [1.807, 2.05) is 6.08 Å². The number of fused-ring (bicyclic) bond motifs is 5. The molecule has 0 saturated heterocycles. The zero-order chi connectivity index (χ0) is 23.0. The summed E-state index contributed by atoms with van der Waals surface area (Å²) in [5.41, 5.74) is 1.15. The second-order valence-electron chi connectivity index (χ2n) is 9.79. The zero-order valence-corrected chi connectivity index (χ0v) is 19.3. The lowest BCUT2D eigenvalue weighted by atomic mass is 9.53. The van der Waals surface area contributed by atoms with E-state index in [1.165, 1.54) is 12.5 Å². The molecule has 0 amide bonds. The minimum atomic E-state index is -1.63. The highest BCUT2D eigenvalue weighted by molar-refractivity contribution is 6.17. The van der Waals surface area contributed by atoms with Crippen LogP contribution >= 0.6 is 11.6 Å². The first-order chi connectivity index (χ1) is 15.2. The van der Waals surface area contributed by atoms with E-state index in [2.05, 4.69) is 17.7 Å². The van der Waals surface area contributed by atoms with Gasteiger partial charge >= 0.3 is 12.1 Å². The molecule has 4 aliphatic carbocycles. The van der Waals surface area contributed by atoms with Gasteiger partial charge in [-0.2, -0.15) is 0 Å². The average molecular weight is 467 g/mol. The van der Waals surface area contributed by atoms with Gasteiger partial charge < -0.3 is 19.3 Å². The summed E-state index contributed by atoms with van der Waals surface area (Å²) < 4.78 is 15.4. The Morgan fingerprint density at radius 3 is 2.78 bits per heavy atom. The molecule has 0 aromatic rings. The number of aliphatic hydroxyl groups excluding tert-OH is 1. The first kappa shape index (κ1) is 23.3. The summed E-state index contributed by atoms with van der Waals surface area (Å²) in [5.74, 6) is 0.865. The average Bonchev–Trinajstić information content (AvgIpc) is 3.09. The number of alkyl halides is 1. The van der Waals surface area contributed by atoms with Crippen molar-refractivity contribution in [3.8, 4) is 0 Å². The predicted molar refractivity (Wildman–Crippen MR) is 116 cm³/mol. The topological polar surface area (TPSA) is 99.1 Å². The summed E-state index contributed by atoms with van der Waals surface area (Å²) in [6.07, 6.45) is 7.51. The van der Waals surface area contributed by atoms with Gasteiger partial charge in [0.25, 0.3) is 0 Å². The van der Waals surface area contributed by atoms with Crippen LogP contribution in [0.4, 0.5) is 4.79 Å². The molecule has 0 aromatic carbocycles. The lowest BCUT2D eigenvalue weighted by Crippen LogP contribution is -2.47. The molecule has 0 aromatic heterocycles. The van der Waals surface area contributed by atoms with Crippen LogP contribution in [0.5, 0.6) is 0 Å². The molecule has 176 valence electrons. The van der Waals surface area contributed by atoms with Crippen LogP contribution in [0.25, 0.3) is 0 Å². The van der Waals surface area contributed by atoms with E-state index in [0.29, 0.717) is 23.7 Å². The Morgan fingerprint density at radius 1 is 1.25 bits per heavy atom. The van der Waals surface area contributed by atoms with E-state index in [9.17, 15) is 19.5 Å². The number of hydrogen-bond donors (Lipinski definition) is 1. The van der Waals surface area contributed by atoms with Crippen molar-refractivity contribution in [3.63, 3.8) is 0 Å². The van der Waals surface area contributed by atoms with Crippen molar-refractivity contribution in [2.75, 3.05) is 6.07 Å². The lowest BCUT2D eigenvalue weighted by Gasteiger charge is -2.52. The molecule has 3 unspecified atom stereocenters. The zero-order valence-electron chi connectivity index (χ0n) is 18.5. The van der Waals surface area contributed by atoms with Gasteiger partial charge in [0, 0.05) is 5.41 Å². The third-order valence-electron chi connectivity index (χ3n) is 8.22. The summed E-state index contributed by atoms with van der Waals surface area (Å²) in [6, 6.07) is -0.390. The van der Waals surface area contributed by atoms with Gasteiger partial charge in [-0.05, 0) is 81.3 Å². The van der Waals surface area contributed by atoms with Gasteiger partial charge in [0.2, 0.25) is 0 Å². The van der Waals surface area contributed by atoms with Crippen molar-refractivity contribution in [3.05, 3.63) is 23.8 Å². The predicted octanol–water partition coefficient (Wildman–Crippen LogP) is 3.91. The quantitative estimate of drug-likeness (QED) is 0.484. The molecular weight excluding hydrogens is 436 g/mol. The van der Waals surface area contributed by atoms with Crippen molar-refractivity contribution in [2.45, 2.75) is 70.7 Å². The van der Waals surface area contributed by atoms with Crippen molar-refractivity contribution in [1.82, 2.24) is 0 Å². The van der Waals surface area contributed by atoms with Gasteiger partial charge in [0.15, 0.2) is 18.0 Å². The fourth-order valence-electron chi connectivity index (χ4n) is 6.60. The number of hydrogen-bond acceptors (Lipinski definition) is 7. The molecule has 32 heavy (non-hydrogen) atoms. The van der Waals surface area contributed by atoms with Gasteiger partial charge in [-0.1, -0.05) is 30.2 Å². The number of ether oxygens (including phenoxy) is 3. The number of carbonyl (C=O) groups excluding carboxylic acids is 3. The van der Waals surface area contributed by atoms with Crippen LogP contribution in [0.1, 0.15) is 52.4 Å². The van der Waals surface area contributed by atoms with E-state index < -0.39 is 24.3 Å². The van der Waals surface area contributed by atoms with E-state index in [0.717, 1.165) is 38.5 Å². The molecule has 0 spiro atoms. The lowest BCUT2D eigenvalue weighted by molar-refractivity contribution is -0.158. The Labute approximate surface area is 193 Å². The van der Waals surface area contributed by atoms with Crippen LogP contribution in [0.2, 0.25) is 0 Å². The summed E-state index contributed by atoms with van der Waals surface area (Å²) in [4.78, 5) is 36.0. The summed E-state index contributed by atoms with van der Waals surface area (Å²) in [6.45, 7) is 3.60. The third kappa shape index (κ3) is 4.21. The standard InChI is InChI=1S/C24H31ClO7/c1-13(21(27)22(28)30-12-25)31-23(29)32-20-8-7-19-17-6-4-14-3-5-15(26)11-18(14)16(17)9-10-24(19,20)2/h3,5,11,13-14,16-17,19-21,27H,4,6-10,12H2,1-2H3/t13?,14?,16-,17+,19-,20+,21?,24-/m0/s1. The molecule has 0 heterocycles.